The summed E-state index contributed by atoms with van der Waals surface area (Å²) in [4.78, 5) is 4.43. The van der Waals surface area contributed by atoms with Crippen LogP contribution in [0, 0.1) is 0 Å². The van der Waals surface area contributed by atoms with Crippen LogP contribution < -0.4 is 4.74 Å². The number of pyridine rings is 1. The third-order valence-electron chi connectivity index (χ3n) is 5.61. The van der Waals surface area contributed by atoms with Crippen molar-refractivity contribution in [2.75, 3.05) is 18.6 Å². The number of imidazole rings is 1. The van der Waals surface area contributed by atoms with E-state index < -0.39 is 31.7 Å². The van der Waals surface area contributed by atoms with E-state index in [1.54, 1.807) is 42.6 Å². The van der Waals surface area contributed by atoms with Gasteiger partial charge in [0.2, 0.25) is 0 Å². The van der Waals surface area contributed by atoms with Gasteiger partial charge < -0.3 is 9.84 Å². The van der Waals surface area contributed by atoms with Crippen molar-refractivity contribution >= 4 is 25.6 Å². The number of alkyl halides is 3. The van der Waals surface area contributed by atoms with Gasteiger partial charge in [-0.15, -0.1) is 0 Å². The number of hydrogen-bond donors (Lipinski definition) is 2. The summed E-state index contributed by atoms with van der Waals surface area (Å²) in [6, 6.07) is 15.2. The van der Waals surface area contributed by atoms with Gasteiger partial charge >= 0.3 is 6.18 Å². The predicted molar refractivity (Wildman–Crippen MR) is 147 cm³/mol. The predicted octanol–water partition coefficient (Wildman–Crippen LogP) is 5.60. The van der Waals surface area contributed by atoms with Gasteiger partial charge in [-0.2, -0.15) is 21.6 Å². The number of nitrogens with zero attached hydrogens (tertiary/aromatic N) is 2. The Morgan fingerprint density at radius 2 is 1.59 bits per heavy atom. The third-order valence-corrected chi connectivity index (χ3v) is 7.41. The molecule has 2 aromatic carbocycles. The van der Waals surface area contributed by atoms with E-state index in [0.29, 0.717) is 34.7 Å². The zero-order valence-electron chi connectivity index (χ0n) is 22.3. The number of hydrogen-bond acceptors (Lipinski definition) is 7. The topological polar surface area (TPSA) is 135 Å². The molecule has 0 unspecified atom stereocenters. The minimum atomic E-state index is -4.55. The SMILES string of the molecule is CC(C)c1nc2c(C(F)(F)F)cccn2c1-c1cccc(Oc2cccc(S(=O)(=O)CCCO)c2)c1.CS(=O)(=O)O. The number of aromatic nitrogens is 2. The molecular formula is C27H29F3N2O7S2. The lowest BCUT2D eigenvalue weighted by atomic mass is 10.0. The molecule has 9 nitrogen and oxygen atoms in total. The molecule has 0 aliphatic heterocycles. The quantitative estimate of drug-likeness (QED) is 0.245. The van der Waals surface area contributed by atoms with Gasteiger partial charge in [-0.3, -0.25) is 8.95 Å². The van der Waals surface area contributed by atoms with E-state index in [-0.39, 0.29) is 35.2 Å². The minimum absolute atomic E-state index is 0.0770. The number of sulfone groups is 1. The van der Waals surface area contributed by atoms with Gasteiger partial charge in [0.25, 0.3) is 10.1 Å². The Morgan fingerprint density at radius 1 is 0.976 bits per heavy atom. The highest BCUT2D eigenvalue weighted by Crippen LogP contribution is 2.38. The second-order valence-electron chi connectivity index (χ2n) is 9.35. The van der Waals surface area contributed by atoms with Gasteiger partial charge in [0.15, 0.2) is 9.84 Å². The Labute approximate surface area is 235 Å². The van der Waals surface area contributed by atoms with E-state index in [4.69, 9.17) is 14.4 Å². The Balaban J connectivity index is 0.000000850. The molecule has 0 spiro atoms. The Kier molecular flexibility index (Phi) is 9.85. The van der Waals surface area contributed by atoms with E-state index in [0.717, 1.165) is 6.07 Å². The molecule has 4 aromatic rings. The van der Waals surface area contributed by atoms with Crippen LogP contribution in [0.2, 0.25) is 0 Å². The molecule has 0 atom stereocenters. The molecule has 14 heteroatoms. The lowest BCUT2D eigenvalue weighted by molar-refractivity contribution is -0.136. The van der Waals surface area contributed by atoms with Gasteiger partial charge in [0.1, 0.15) is 17.1 Å². The first-order valence-corrected chi connectivity index (χ1v) is 15.7. The number of aliphatic hydroxyl groups is 1. The van der Waals surface area contributed by atoms with Crippen molar-refractivity contribution in [2.45, 2.75) is 37.3 Å². The summed E-state index contributed by atoms with van der Waals surface area (Å²) in [7, 11) is -7.25. The van der Waals surface area contributed by atoms with Crippen LogP contribution in [0.15, 0.2) is 71.8 Å². The zero-order chi connectivity index (χ0) is 30.6. The first-order chi connectivity index (χ1) is 19.0. The van der Waals surface area contributed by atoms with Crippen molar-refractivity contribution in [1.82, 2.24) is 9.38 Å². The molecule has 0 amide bonds. The lowest BCUT2D eigenvalue weighted by Gasteiger charge is -2.12. The summed E-state index contributed by atoms with van der Waals surface area (Å²) >= 11 is 0. The van der Waals surface area contributed by atoms with Crippen LogP contribution in [0.5, 0.6) is 11.5 Å². The van der Waals surface area contributed by atoms with Crippen molar-refractivity contribution in [1.29, 1.82) is 0 Å². The first-order valence-electron chi connectivity index (χ1n) is 12.2. The van der Waals surface area contributed by atoms with Crippen molar-refractivity contribution in [3.05, 3.63) is 78.1 Å². The van der Waals surface area contributed by atoms with Crippen molar-refractivity contribution in [3.8, 4) is 22.8 Å². The molecule has 222 valence electrons. The molecule has 0 aliphatic rings. The number of rotatable bonds is 8. The Morgan fingerprint density at radius 3 is 2.17 bits per heavy atom. The van der Waals surface area contributed by atoms with Gasteiger partial charge in [-0.25, -0.2) is 13.4 Å². The fraction of sp³-hybridized carbons (Fsp3) is 0.296. The summed E-state index contributed by atoms with van der Waals surface area (Å²) < 4.78 is 99.0. The van der Waals surface area contributed by atoms with Gasteiger partial charge in [-0.05, 0) is 54.8 Å². The summed E-state index contributed by atoms with van der Waals surface area (Å²) in [5.74, 6) is 0.341. The van der Waals surface area contributed by atoms with Gasteiger partial charge in [0.05, 0.1) is 33.9 Å². The van der Waals surface area contributed by atoms with Crippen LogP contribution >= 0.6 is 0 Å². The van der Waals surface area contributed by atoms with E-state index in [1.807, 2.05) is 13.8 Å². The largest absolute Gasteiger partial charge is 0.457 e. The van der Waals surface area contributed by atoms with E-state index in [9.17, 15) is 30.0 Å². The summed E-state index contributed by atoms with van der Waals surface area (Å²) in [5.41, 5.74) is 0.660. The summed E-state index contributed by atoms with van der Waals surface area (Å²) in [6.45, 7) is 3.50. The van der Waals surface area contributed by atoms with Gasteiger partial charge in [-0.1, -0.05) is 32.0 Å². The van der Waals surface area contributed by atoms with E-state index in [2.05, 4.69) is 4.98 Å². The van der Waals surface area contributed by atoms with Crippen molar-refractivity contribution < 1.29 is 44.4 Å². The van der Waals surface area contributed by atoms with Crippen LogP contribution in [0.25, 0.3) is 16.9 Å². The molecule has 2 N–H and O–H groups in total. The Bertz CT molecular complexity index is 1730. The second kappa shape index (κ2) is 12.6. The van der Waals surface area contributed by atoms with Crippen LogP contribution in [0.1, 0.15) is 37.4 Å². The zero-order valence-corrected chi connectivity index (χ0v) is 24.0. The fourth-order valence-electron chi connectivity index (χ4n) is 3.94. The summed E-state index contributed by atoms with van der Waals surface area (Å²) in [5, 5.41) is 8.95. The number of halogens is 3. The average molecular weight is 615 g/mol. The first kappa shape index (κ1) is 32.1. The number of benzene rings is 2. The molecule has 2 aromatic heterocycles. The number of aliphatic hydroxyl groups excluding tert-OH is 1. The van der Waals surface area contributed by atoms with Crippen LogP contribution in [0.3, 0.4) is 0 Å². The van der Waals surface area contributed by atoms with Crippen LogP contribution in [-0.2, 0) is 26.1 Å². The third kappa shape index (κ3) is 8.52. The van der Waals surface area contributed by atoms with E-state index in [1.165, 1.54) is 22.6 Å². The molecule has 0 aliphatic carbocycles. The molecule has 2 heterocycles. The minimum Gasteiger partial charge on any atom is -0.457 e. The molecule has 0 saturated carbocycles. The van der Waals surface area contributed by atoms with Crippen LogP contribution in [-0.4, -0.2) is 54.5 Å². The fourth-order valence-corrected chi connectivity index (χ4v) is 5.27. The molecule has 4 rings (SSSR count). The number of ether oxygens (including phenoxy) is 1. The molecule has 0 fully saturated rings. The molecular weight excluding hydrogens is 585 g/mol. The standard InChI is InChI=1S/C26H25F3N2O4S.CH4O3S/c1-17(2)23-24(31-12-5-11-22(25(31)30-23)26(27,28)29)18-7-3-8-19(15-18)35-20-9-4-10-21(16-20)36(33,34)14-6-13-32;1-5(2,3)4/h3-5,7-12,15-17,32H,6,13-14H2,1-2H3;1H3,(H,2,3,4). The average Bonchev–Trinajstić information content (AvgIpc) is 3.26. The molecule has 0 saturated heterocycles. The summed E-state index contributed by atoms with van der Waals surface area (Å²) in [6.07, 6.45) is -2.16. The molecule has 0 bridgehead atoms. The van der Waals surface area contributed by atoms with E-state index >= 15 is 0 Å². The normalized spacial score (nSPS) is 12.3. The highest BCUT2D eigenvalue weighted by molar-refractivity contribution is 7.91. The van der Waals surface area contributed by atoms with Gasteiger partial charge in [0, 0.05) is 18.4 Å². The second-order valence-corrected chi connectivity index (χ2v) is 12.9. The maximum Gasteiger partial charge on any atom is 0.419 e. The molecule has 41 heavy (non-hydrogen) atoms. The highest BCUT2D eigenvalue weighted by Gasteiger charge is 2.35. The smallest absolute Gasteiger partial charge is 0.419 e. The lowest BCUT2D eigenvalue weighted by Crippen LogP contribution is -2.08. The monoisotopic (exact) mass is 614 g/mol. The molecule has 0 radical (unpaired) electrons. The Hall–Kier alpha value is -3.46. The van der Waals surface area contributed by atoms with Crippen molar-refractivity contribution in [3.63, 3.8) is 0 Å². The van der Waals surface area contributed by atoms with Crippen LogP contribution in [0.4, 0.5) is 13.2 Å². The highest BCUT2D eigenvalue weighted by atomic mass is 32.2. The number of fused-ring (bicyclic) bond motifs is 1. The maximum atomic E-state index is 13.6. The van der Waals surface area contributed by atoms with Crippen molar-refractivity contribution in [2.24, 2.45) is 0 Å². The maximum absolute atomic E-state index is 13.6.